The lowest BCUT2D eigenvalue weighted by atomic mass is 10.3. The van der Waals surface area contributed by atoms with Gasteiger partial charge in [-0.2, -0.15) is 0 Å². The van der Waals surface area contributed by atoms with Crippen LogP contribution in [0, 0.1) is 12.3 Å². The molecule has 0 aromatic heterocycles. The van der Waals surface area contributed by atoms with Gasteiger partial charge in [0, 0.05) is 30.7 Å². The van der Waals surface area contributed by atoms with Gasteiger partial charge in [-0.1, -0.05) is 30.2 Å². The Morgan fingerprint density at radius 3 is 2.42 bits per heavy atom. The first-order valence-corrected chi connectivity index (χ1v) is 9.82. The van der Waals surface area contributed by atoms with Crippen molar-refractivity contribution in [2.75, 3.05) is 36.6 Å². The Kier molecular flexibility index (Phi) is 9.88. The zero-order valence-corrected chi connectivity index (χ0v) is 17.6. The largest absolute Gasteiger partial charge is 0.436 e. The van der Waals surface area contributed by atoms with E-state index in [0.717, 1.165) is 0 Å². The highest BCUT2D eigenvalue weighted by atomic mass is 16.7. The van der Waals surface area contributed by atoms with Crippen LogP contribution < -0.4 is 15.0 Å². The number of para-hydroxylation sites is 1. The number of hydrogen-bond donors (Lipinski definition) is 1. The van der Waals surface area contributed by atoms with E-state index in [4.69, 9.17) is 25.4 Å². The van der Waals surface area contributed by atoms with Crippen molar-refractivity contribution in [2.24, 2.45) is 0 Å². The highest BCUT2D eigenvalue weighted by molar-refractivity contribution is 5.89. The van der Waals surface area contributed by atoms with Crippen LogP contribution in [-0.4, -0.2) is 44.8 Å². The van der Waals surface area contributed by atoms with Crippen LogP contribution in [0.4, 0.5) is 21.0 Å². The average Bonchev–Trinajstić information content (AvgIpc) is 2.77. The second-order valence-corrected chi connectivity index (χ2v) is 6.09. The van der Waals surface area contributed by atoms with Gasteiger partial charge in [-0.3, -0.25) is 10.2 Å². The fraction of sp³-hybridized carbons (Fsp3) is 0.304. The summed E-state index contributed by atoms with van der Waals surface area (Å²) in [5.41, 5.74) is 1.02. The van der Waals surface area contributed by atoms with Crippen LogP contribution in [-0.2, 0) is 14.2 Å². The molecule has 164 valence electrons. The molecule has 2 aromatic rings. The smallest absolute Gasteiger partial charge is 0.419 e. The molecule has 1 N–H and O–H groups in total. The monoisotopic (exact) mass is 426 g/mol. The average molecular weight is 426 g/mol. The van der Waals surface area contributed by atoms with E-state index in [0.29, 0.717) is 24.6 Å². The maximum Gasteiger partial charge on any atom is 0.419 e. The third-order valence-electron chi connectivity index (χ3n) is 3.90. The molecule has 0 heterocycles. The molecule has 0 fully saturated rings. The van der Waals surface area contributed by atoms with Gasteiger partial charge in [0.25, 0.3) is 0 Å². The number of benzene rings is 2. The second-order valence-electron chi connectivity index (χ2n) is 6.09. The van der Waals surface area contributed by atoms with E-state index in [1.54, 1.807) is 30.3 Å². The number of nitrogens with one attached hydrogen (secondary N) is 1. The fourth-order valence-electron chi connectivity index (χ4n) is 2.62. The van der Waals surface area contributed by atoms with Gasteiger partial charge in [0.2, 0.25) is 0 Å². The molecule has 0 radical (unpaired) electrons. The predicted molar refractivity (Wildman–Crippen MR) is 117 cm³/mol. The van der Waals surface area contributed by atoms with Crippen molar-refractivity contribution in [3.05, 3.63) is 54.6 Å². The zero-order chi connectivity index (χ0) is 22.5. The lowest BCUT2D eigenvalue weighted by Gasteiger charge is -2.26. The van der Waals surface area contributed by atoms with Gasteiger partial charge in [-0.15, -0.1) is 6.42 Å². The van der Waals surface area contributed by atoms with Crippen LogP contribution in [0.2, 0.25) is 0 Å². The summed E-state index contributed by atoms with van der Waals surface area (Å²) in [7, 11) is 0. The molecule has 0 atom stereocenters. The molecular formula is C23H26N2O6. The minimum absolute atomic E-state index is 0.140. The molecule has 0 aliphatic heterocycles. The number of nitrogens with zero attached hydrogens (tertiary/aromatic N) is 1. The number of carbonyl (C=O) groups excluding carboxylic acids is 2. The Balaban J connectivity index is 2.15. The van der Waals surface area contributed by atoms with Crippen molar-refractivity contribution >= 4 is 23.6 Å². The molecular weight excluding hydrogens is 400 g/mol. The third-order valence-corrected chi connectivity index (χ3v) is 3.90. The van der Waals surface area contributed by atoms with Crippen LogP contribution in [0.15, 0.2) is 54.6 Å². The lowest BCUT2D eigenvalue weighted by Crippen LogP contribution is -2.41. The molecule has 2 rings (SSSR count). The van der Waals surface area contributed by atoms with E-state index < -0.39 is 18.5 Å². The Hall–Kier alpha value is -3.54. The summed E-state index contributed by atoms with van der Waals surface area (Å²) < 4.78 is 21.5. The van der Waals surface area contributed by atoms with E-state index in [1.807, 2.05) is 32.0 Å². The van der Waals surface area contributed by atoms with Crippen LogP contribution in [0.5, 0.6) is 5.75 Å². The molecule has 31 heavy (non-hydrogen) atoms. The van der Waals surface area contributed by atoms with Crippen molar-refractivity contribution in [2.45, 2.75) is 20.1 Å². The van der Waals surface area contributed by atoms with Crippen molar-refractivity contribution in [1.29, 1.82) is 0 Å². The second kappa shape index (κ2) is 12.9. The van der Waals surface area contributed by atoms with Gasteiger partial charge in [0.15, 0.2) is 12.9 Å². The minimum atomic E-state index is -0.705. The van der Waals surface area contributed by atoms with E-state index >= 15 is 0 Å². The fourth-order valence-corrected chi connectivity index (χ4v) is 2.62. The molecule has 2 aromatic carbocycles. The SMILES string of the molecule is C#CCOC(=O)Nc1cccc(OC(=O)N(CC(OCC)OCC)c2ccccc2)c1. The number of amides is 2. The molecule has 0 saturated carbocycles. The van der Waals surface area contributed by atoms with Crippen molar-refractivity contribution in [1.82, 2.24) is 0 Å². The van der Waals surface area contributed by atoms with Crippen LogP contribution >= 0.6 is 0 Å². The lowest BCUT2D eigenvalue weighted by molar-refractivity contribution is -0.128. The van der Waals surface area contributed by atoms with E-state index in [9.17, 15) is 9.59 Å². The Morgan fingerprint density at radius 1 is 1.06 bits per heavy atom. The van der Waals surface area contributed by atoms with Crippen molar-refractivity contribution in [3.63, 3.8) is 0 Å². The topological polar surface area (TPSA) is 86.3 Å². The van der Waals surface area contributed by atoms with Crippen molar-refractivity contribution in [3.8, 4) is 18.1 Å². The molecule has 0 unspecified atom stereocenters. The normalized spacial score (nSPS) is 10.3. The van der Waals surface area contributed by atoms with Crippen LogP contribution in [0.3, 0.4) is 0 Å². The maximum absolute atomic E-state index is 13.0. The predicted octanol–water partition coefficient (Wildman–Crippen LogP) is 4.27. The van der Waals surface area contributed by atoms with Crippen LogP contribution in [0.25, 0.3) is 0 Å². The molecule has 2 amide bonds. The quantitative estimate of drug-likeness (QED) is 0.451. The molecule has 0 aliphatic rings. The number of hydrogen-bond acceptors (Lipinski definition) is 6. The summed E-state index contributed by atoms with van der Waals surface area (Å²) in [6.07, 6.45) is 3.13. The number of ether oxygens (including phenoxy) is 4. The third kappa shape index (κ3) is 8.01. The minimum Gasteiger partial charge on any atom is -0.436 e. The summed E-state index contributed by atoms with van der Waals surface area (Å²) >= 11 is 0. The molecule has 0 bridgehead atoms. The summed E-state index contributed by atoms with van der Waals surface area (Å²) in [5, 5.41) is 2.52. The van der Waals surface area contributed by atoms with Gasteiger partial charge in [-0.25, -0.2) is 9.59 Å². The highest BCUT2D eigenvalue weighted by Gasteiger charge is 2.23. The van der Waals surface area contributed by atoms with Crippen molar-refractivity contribution < 1.29 is 28.5 Å². The van der Waals surface area contributed by atoms with E-state index in [2.05, 4.69) is 11.2 Å². The van der Waals surface area contributed by atoms with Gasteiger partial charge >= 0.3 is 12.2 Å². The molecule has 0 spiro atoms. The number of carbonyl (C=O) groups is 2. The Labute approximate surface area is 182 Å². The van der Waals surface area contributed by atoms with Gasteiger partial charge in [0.05, 0.1) is 6.54 Å². The molecule has 0 saturated heterocycles. The zero-order valence-electron chi connectivity index (χ0n) is 17.6. The van der Waals surface area contributed by atoms with Gasteiger partial charge in [0.1, 0.15) is 5.75 Å². The summed E-state index contributed by atoms with van der Waals surface area (Å²) in [5.74, 6) is 2.45. The number of rotatable bonds is 10. The highest BCUT2D eigenvalue weighted by Crippen LogP contribution is 2.21. The summed E-state index contributed by atoms with van der Waals surface area (Å²) in [6.45, 7) is 4.57. The van der Waals surface area contributed by atoms with Gasteiger partial charge < -0.3 is 18.9 Å². The first-order valence-electron chi connectivity index (χ1n) is 9.82. The first-order chi connectivity index (χ1) is 15.1. The molecule has 8 nitrogen and oxygen atoms in total. The standard InChI is InChI=1S/C23H26N2O6/c1-4-15-30-22(26)24-18-11-10-14-20(16-18)31-23(27)25(19-12-8-7-9-13-19)17-21(28-5-2)29-6-3/h1,7-14,16,21H,5-6,15,17H2,2-3H3,(H,24,26). The van der Waals surface area contributed by atoms with Crippen LogP contribution in [0.1, 0.15) is 13.8 Å². The number of terminal acetylenes is 1. The van der Waals surface area contributed by atoms with E-state index in [1.165, 1.54) is 11.0 Å². The molecule has 0 aliphatic carbocycles. The molecule has 8 heteroatoms. The number of anilines is 2. The summed E-state index contributed by atoms with van der Waals surface area (Å²) in [4.78, 5) is 26.1. The van der Waals surface area contributed by atoms with Gasteiger partial charge in [-0.05, 0) is 38.1 Å². The summed E-state index contributed by atoms with van der Waals surface area (Å²) in [6, 6.07) is 15.4. The Bertz CT molecular complexity index is 875. The maximum atomic E-state index is 13.0. The Morgan fingerprint density at radius 2 is 1.77 bits per heavy atom. The van der Waals surface area contributed by atoms with E-state index in [-0.39, 0.29) is 18.9 Å². The first kappa shape index (κ1) is 23.7.